The highest BCUT2D eigenvalue weighted by Crippen LogP contribution is 2.20. The van der Waals surface area contributed by atoms with E-state index in [0.29, 0.717) is 18.7 Å². The van der Waals surface area contributed by atoms with E-state index in [0.717, 1.165) is 23.6 Å². The quantitative estimate of drug-likeness (QED) is 0.119. The highest BCUT2D eigenvalue weighted by atomic mass is 35.5. The van der Waals surface area contributed by atoms with Crippen molar-refractivity contribution in [2.75, 3.05) is 25.0 Å². The Balaban J connectivity index is 0.00000484. The second kappa shape index (κ2) is 14.1. The Bertz CT molecular complexity index is 1570. The number of nitrogens with zero attached hydrogens (tertiary/aromatic N) is 1. The minimum Gasteiger partial charge on any atom is -0.474 e. The normalized spacial score (nSPS) is 15.7. The number of benzene rings is 3. The van der Waals surface area contributed by atoms with Gasteiger partial charge < -0.3 is 26.4 Å². The van der Waals surface area contributed by atoms with Gasteiger partial charge in [0.05, 0.1) is 4.90 Å². The van der Waals surface area contributed by atoms with Gasteiger partial charge in [0, 0.05) is 25.3 Å². The van der Waals surface area contributed by atoms with Crippen LogP contribution in [0.15, 0.2) is 71.6 Å². The van der Waals surface area contributed by atoms with E-state index in [1.807, 2.05) is 18.2 Å². The number of carbonyl (C=O) groups is 3. The number of likely N-dealkylation sites (tertiary alicyclic amines) is 1. The summed E-state index contributed by atoms with van der Waals surface area (Å²) in [5.41, 5.74) is 6.45. The zero-order chi connectivity index (χ0) is 29.6. The topological polar surface area (TPSA) is 195 Å². The lowest BCUT2D eigenvalue weighted by Crippen LogP contribution is -2.51. The summed E-state index contributed by atoms with van der Waals surface area (Å²) in [6, 6.07) is 17.0. The molecule has 1 saturated heterocycles. The molecule has 7 N–H and O–H groups in total. The maximum Gasteiger partial charge on any atom is 0.394 e. The van der Waals surface area contributed by atoms with Gasteiger partial charge in [0.25, 0.3) is 0 Å². The van der Waals surface area contributed by atoms with Crippen molar-refractivity contribution < 1.29 is 27.9 Å². The Morgan fingerprint density at radius 1 is 1.05 bits per heavy atom. The SMILES string of the molecule is Cl.N=C(N)N1CCCC(CNC(=O)[C@@H](Cc2ccc(NC(=O)C(=O)O)cc2)NS(=O)(=O)c2ccc3ccccc3c2)C1. The number of amides is 2. The van der Waals surface area contributed by atoms with Gasteiger partial charge in [-0.05, 0) is 65.8 Å². The van der Waals surface area contributed by atoms with Crippen LogP contribution in [0.5, 0.6) is 0 Å². The first-order valence-corrected chi connectivity index (χ1v) is 14.5. The highest BCUT2D eigenvalue weighted by molar-refractivity contribution is 7.89. The Labute approximate surface area is 249 Å². The molecule has 1 unspecified atom stereocenters. The molecular weight excluding hydrogens is 584 g/mol. The zero-order valence-electron chi connectivity index (χ0n) is 22.6. The average molecular weight is 617 g/mol. The number of nitrogens with two attached hydrogens (primary N) is 1. The van der Waals surface area contributed by atoms with Crippen molar-refractivity contribution in [1.82, 2.24) is 14.9 Å². The Hall–Kier alpha value is -4.20. The van der Waals surface area contributed by atoms with Crippen LogP contribution in [0.2, 0.25) is 0 Å². The minimum absolute atomic E-state index is 0. The number of nitrogens with one attached hydrogen (secondary N) is 4. The summed E-state index contributed by atoms with van der Waals surface area (Å²) in [5.74, 6) is -3.31. The van der Waals surface area contributed by atoms with E-state index in [1.165, 1.54) is 18.2 Å². The molecule has 2 atom stereocenters. The van der Waals surface area contributed by atoms with Crippen molar-refractivity contribution in [1.29, 1.82) is 5.41 Å². The van der Waals surface area contributed by atoms with Crippen LogP contribution in [0.4, 0.5) is 5.69 Å². The number of carboxylic acids is 1. The number of sulfonamides is 1. The number of guanidine groups is 1. The predicted octanol–water partition coefficient (Wildman–Crippen LogP) is 1.90. The molecule has 12 nitrogen and oxygen atoms in total. The smallest absolute Gasteiger partial charge is 0.394 e. The van der Waals surface area contributed by atoms with Crippen LogP contribution < -0.4 is 21.1 Å². The number of anilines is 1. The van der Waals surface area contributed by atoms with Crippen molar-refractivity contribution in [2.24, 2.45) is 11.7 Å². The van der Waals surface area contributed by atoms with Crippen molar-refractivity contribution in [3.05, 3.63) is 72.3 Å². The Kier molecular flexibility index (Phi) is 10.9. The summed E-state index contributed by atoms with van der Waals surface area (Å²) in [4.78, 5) is 37.4. The lowest BCUT2D eigenvalue weighted by molar-refractivity contribution is -0.147. The van der Waals surface area contributed by atoms with Gasteiger partial charge in [-0.1, -0.05) is 42.5 Å². The zero-order valence-corrected chi connectivity index (χ0v) is 24.2. The van der Waals surface area contributed by atoms with Gasteiger partial charge in [-0.15, -0.1) is 12.4 Å². The summed E-state index contributed by atoms with van der Waals surface area (Å²) >= 11 is 0. The number of halogens is 1. The first-order valence-electron chi connectivity index (χ1n) is 13.0. The lowest BCUT2D eigenvalue weighted by atomic mass is 9.98. The molecule has 0 aromatic heterocycles. The Morgan fingerprint density at radius 2 is 1.74 bits per heavy atom. The molecule has 14 heteroatoms. The van der Waals surface area contributed by atoms with Gasteiger partial charge in [0.15, 0.2) is 5.96 Å². The van der Waals surface area contributed by atoms with Gasteiger partial charge in [0.1, 0.15) is 6.04 Å². The van der Waals surface area contributed by atoms with Gasteiger partial charge in [0.2, 0.25) is 15.9 Å². The third-order valence-electron chi connectivity index (χ3n) is 6.92. The molecule has 1 aliphatic heterocycles. The lowest BCUT2D eigenvalue weighted by Gasteiger charge is -2.33. The fraction of sp³-hybridized carbons (Fsp3) is 0.286. The largest absolute Gasteiger partial charge is 0.474 e. The van der Waals surface area contributed by atoms with Crippen LogP contribution >= 0.6 is 12.4 Å². The maximum absolute atomic E-state index is 13.4. The average Bonchev–Trinajstić information content (AvgIpc) is 2.96. The molecule has 2 amide bonds. The monoisotopic (exact) mass is 616 g/mol. The van der Waals surface area contributed by atoms with Crippen LogP contribution in [0.25, 0.3) is 10.8 Å². The van der Waals surface area contributed by atoms with Crippen molar-refractivity contribution in [3.8, 4) is 0 Å². The third-order valence-corrected chi connectivity index (χ3v) is 8.39. The number of piperidine rings is 1. The summed E-state index contributed by atoms with van der Waals surface area (Å²) in [6.45, 7) is 1.49. The number of hydrogen-bond acceptors (Lipinski definition) is 6. The molecule has 42 heavy (non-hydrogen) atoms. The molecule has 1 heterocycles. The van der Waals surface area contributed by atoms with Crippen LogP contribution in [-0.2, 0) is 30.8 Å². The van der Waals surface area contributed by atoms with Crippen LogP contribution in [0.3, 0.4) is 0 Å². The molecule has 1 fully saturated rings. The number of carbonyl (C=O) groups excluding carboxylic acids is 2. The molecule has 4 rings (SSSR count). The van der Waals surface area contributed by atoms with Gasteiger partial charge in [-0.2, -0.15) is 4.72 Å². The highest BCUT2D eigenvalue weighted by Gasteiger charge is 2.28. The van der Waals surface area contributed by atoms with E-state index in [2.05, 4.69) is 15.4 Å². The van der Waals surface area contributed by atoms with Crippen LogP contribution in [0, 0.1) is 11.3 Å². The standard InChI is InChI=1S/C28H32N6O6S.ClH/c29-28(30)34-13-3-4-19(17-34)16-31-25(35)24(14-18-7-10-22(11-8-18)32-26(36)27(37)38)33-41(39,40)23-12-9-20-5-1-2-6-21(20)15-23;/h1-2,5-12,15,19,24,33H,3-4,13-14,16-17H2,(H3,29,30)(H,31,35)(H,32,36)(H,37,38);1H/t19?,24-;/m1./s1. The fourth-order valence-electron chi connectivity index (χ4n) is 4.74. The van der Waals surface area contributed by atoms with Gasteiger partial charge >= 0.3 is 11.9 Å². The Morgan fingerprint density at radius 3 is 2.40 bits per heavy atom. The molecule has 3 aromatic carbocycles. The van der Waals surface area contributed by atoms with E-state index in [9.17, 15) is 22.8 Å². The molecule has 3 aromatic rings. The molecule has 224 valence electrons. The van der Waals surface area contributed by atoms with E-state index in [4.69, 9.17) is 16.2 Å². The summed E-state index contributed by atoms with van der Waals surface area (Å²) in [7, 11) is -4.10. The molecule has 1 aliphatic rings. The number of carboxylic acid groups (broad SMARTS) is 1. The van der Waals surface area contributed by atoms with Crippen LogP contribution in [0.1, 0.15) is 18.4 Å². The number of rotatable bonds is 9. The summed E-state index contributed by atoms with van der Waals surface area (Å²) < 4.78 is 29.4. The van der Waals surface area contributed by atoms with Gasteiger partial charge in [-0.3, -0.25) is 15.0 Å². The van der Waals surface area contributed by atoms with Gasteiger partial charge in [-0.25, -0.2) is 13.2 Å². The maximum atomic E-state index is 13.4. The van der Waals surface area contributed by atoms with Crippen molar-refractivity contribution >= 4 is 62.6 Å². The first-order chi connectivity index (χ1) is 19.5. The van der Waals surface area contributed by atoms with Crippen molar-refractivity contribution in [3.63, 3.8) is 0 Å². The van der Waals surface area contributed by atoms with Crippen molar-refractivity contribution in [2.45, 2.75) is 30.2 Å². The third kappa shape index (κ3) is 8.41. The van der Waals surface area contributed by atoms with E-state index >= 15 is 0 Å². The number of aliphatic carboxylic acids is 1. The molecule has 0 spiro atoms. The molecular formula is C28H33ClN6O6S. The fourth-order valence-corrected chi connectivity index (χ4v) is 5.97. The van der Waals surface area contributed by atoms with Crippen LogP contribution in [-0.4, -0.2) is 67.8 Å². The second-order valence-electron chi connectivity index (χ2n) is 9.93. The van der Waals surface area contributed by atoms with E-state index in [1.54, 1.807) is 35.2 Å². The molecule has 0 radical (unpaired) electrons. The first kappa shape index (κ1) is 32.3. The van der Waals surface area contributed by atoms with E-state index < -0.39 is 33.8 Å². The van der Waals surface area contributed by atoms with E-state index in [-0.39, 0.29) is 47.8 Å². The number of fused-ring (bicyclic) bond motifs is 1. The molecule has 0 bridgehead atoms. The summed E-state index contributed by atoms with van der Waals surface area (Å²) in [5, 5.41) is 23.2. The minimum atomic E-state index is -4.10. The second-order valence-corrected chi connectivity index (χ2v) is 11.6. The summed E-state index contributed by atoms with van der Waals surface area (Å²) in [6.07, 6.45) is 1.65. The molecule has 0 saturated carbocycles. The predicted molar refractivity (Wildman–Crippen MR) is 161 cm³/mol. The molecule has 0 aliphatic carbocycles. The number of hydrogen-bond donors (Lipinski definition) is 6.